The summed E-state index contributed by atoms with van der Waals surface area (Å²) >= 11 is 2.18. The smallest absolute Gasteiger partial charge is 0.274 e. The minimum Gasteiger partial charge on any atom is -0.456 e. The van der Waals surface area contributed by atoms with Crippen molar-refractivity contribution in [3.05, 3.63) is 75.4 Å². The van der Waals surface area contributed by atoms with Gasteiger partial charge in [0.25, 0.3) is 5.91 Å². The van der Waals surface area contributed by atoms with Crippen LogP contribution in [0.25, 0.3) is 0 Å². The molecule has 0 bridgehead atoms. The molecule has 0 aliphatic rings. The lowest BCUT2D eigenvalue weighted by Gasteiger charge is -2.10. The largest absolute Gasteiger partial charge is 0.456 e. The van der Waals surface area contributed by atoms with E-state index in [2.05, 4.69) is 37.9 Å². The molecule has 5 nitrogen and oxygen atoms in total. The van der Waals surface area contributed by atoms with Crippen molar-refractivity contribution in [2.45, 2.75) is 13.8 Å². The summed E-state index contributed by atoms with van der Waals surface area (Å²) in [5.74, 6) is 1.02. The van der Waals surface area contributed by atoms with Gasteiger partial charge in [-0.25, -0.2) is 4.98 Å². The summed E-state index contributed by atoms with van der Waals surface area (Å²) in [6.07, 6.45) is 1.67. The van der Waals surface area contributed by atoms with Crippen LogP contribution < -0.4 is 10.1 Å². The number of halogens is 1. The second kappa shape index (κ2) is 7.60. The zero-order valence-corrected chi connectivity index (χ0v) is 15.9. The molecule has 0 aliphatic carbocycles. The van der Waals surface area contributed by atoms with E-state index in [4.69, 9.17) is 4.74 Å². The van der Waals surface area contributed by atoms with Crippen LogP contribution >= 0.6 is 22.6 Å². The molecule has 3 rings (SSSR count). The lowest BCUT2D eigenvalue weighted by molar-refractivity contribution is 0.102. The average molecular weight is 445 g/mol. The van der Waals surface area contributed by atoms with Crippen LogP contribution in [0.5, 0.6) is 11.5 Å². The zero-order chi connectivity index (χ0) is 17.8. The Kier molecular flexibility index (Phi) is 5.28. The standard InChI is InChI=1S/C19H16IN3O2/c1-12-6-7-16(11-21-12)25-17-9-14(20)8-15(10-17)23-19(24)18-5-3-4-13(2)22-18/h3-11H,1-2H3,(H,23,24). The van der Waals surface area contributed by atoms with Gasteiger partial charge in [0.05, 0.1) is 6.20 Å². The van der Waals surface area contributed by atoms with Crippen molar-refractivity contribution >= 4 is 34.2 Å². The first-order valence-corrected chi connectivity index (χ1v) is 8.73. The molecular formula is C19H16IN3O2. The second-order valence-electron chi connectivity index (χ2n) is 5.53. The molecule has 0 unspecified atom stereocenters. The summed E-state index contributed by atoms with van der Waals surface area (Å²) in [6, 6.07) is 14.6. The summed E-state index contributed by atoms with van der Waals surface area (Å²) in [6.45, 7) is 3.77. The van der Waals surface area contributed by atoms with Crippen molar-refractivity contribution in [1.29, 1.82) is 0 Å². The lowest BCUT2D eigenvalue weighted by Crippen LogP contribution is -2.14. The first kappa shape index (κ1) is 17.3. The van der Waals surface area contributed by atoms with E-state index in [1.54, 1.807) is 18.3 Å². The van der Waals surface area contributed by atoms with E-state index in [0.29, 0.717) is 22.9 Å². The lowest BCUT2D eigenvalue weighted by atomic mass is 10.2. The number of pyridine rings is 2. The number of benzene rings is 1. The van der Waals surface area contributed by atoms with Gasteiger partial charge in [-0.1, -0.05) is 6.07 Å². The predicted octanol–water partition coefficient (Wildman–Crippen LogP) is 4.74. The quantitative estimate of drug-likeness (QED) is 0.590. The summed E-state index contributed by atoms with van der Waals surface area (Å²) in [5.41, 5.74) is 2.75. The number of nitrogens with zero attached hydrogens (tertiary/aromatic N) is 2. The van der Waals surface area contributed by atoms with Gasteiger partial charge in [-0.2, -0.15) is 0 Å². The molecule has 1 N–H and O–H groups in total. The van der Waals surface area contributed by atoms with E-state index in [1.165, 1.54) is 0 Å². The molecule has 0 atom stereocenters. The Balaban J connectivity index is 1.79. The number of aryl methyl sites for hydroxylation is 2. The highest BCUT2D eigenvalue weighted by atomic mass is 127. The highest BCUT2D eigenvalue weighted by molar-refractivity contribution is 14.1. The highest BCUT2D eigenvalue weighted by Gasteiger charge is 2.10. The van der Waals surface area contributed by atoms with Gasteiger partial charge < -0.3 is 10.1 Å². The molecule has 1 amide bonds. The molecule has 0 aliphatic heterocycles. The maximum Gasteiger partial charge on any atom is 0.274 e. The van der Waals surface area contributed by atoms with Gasteiger partial charge in [0.2, 0.25) is 0 Å². The minimum absolute atomic E-state index is 0.256. The van der Waals surface area contributed by atoms with Crippen molar-refractivity contribution in [2.75, 3.05) is 5.32 Å². The topological polar surface area (TPSA) is 64.1 Å². The molecule has 0 spiro atoms. The van der Waals surface area contributed by atoms with Gasteiger partial charge in [0, 0.05) is 26.7 Å². The molecule has 0 fully saturated rings. The molecule has 0 saturated carbocycles. The molecule has 1 aromatic carbocycles. The van der Waals surface area contributed by atoms with Gasteiger partial charge in [-0.3, -0.25) is 9.78 Å². The Morgan fingerprint density at radius 1 is 1.04 bits per heavy atom. The first-order valence-electron chi connectivity index (χ1n) is 7.66. The van der Waals surface area contributed by atoms with Crippen molar-refractivity contribution in [3.63, 3.8) is 0 Å². The number of ether oxygens (including phenoxy) is 1. The van der Waals surface area contributed by atoms with Crippen molar-refractivity contribution in [3.8, 4) is 11.5 Å². The third kappa shape index (κ3) is 4.76. The number of carbonyl (C=O) groups is 1. The van der Waals surface area contributed by atoms with Crippen molar-refractivity contribution < 1.29 is 9.53 Å². The number of amides is 1. The third-order valence-electron chi connectivity index (χ3n) is 3.37. The van der Waals surface area contributed by atoms with Gasteiger partial charge in [0.1, 0.15) is 17.2 Å². The van der Waals surface area contributed by atoms with Crippen LogP contribution in [0, 0.1) is 17.4 Å². The first-order chi connectivity index (χ1) is 12.0. The van der Waals surface area contributed by atoms with E-state index in [9.17, 15) is 4.79 Å². The number of rotatable bonds is 4. The van der Waals surface area contributed by atoms with Crippen molar-refractivity contribution in [1.82, 2.24) is 9.97 Å². The van der Waals surface area contributed by atoms with Gasteiger partial charge in [-0.15, -0.1) is 0 Å². The van der Waals surface area contributed by atoms with Gasteiger partial charge >= 0.3 is 0 Å². The molecule has 3 aromatic rings. The van der Waals surface area contributed by atoms with E-state index in [1.807, 2.05) is 50.2 Å². The number of carbonyl (C=O) groups excluding carboxylic acids is 1. The normalized spacial score (nSPS) is 10.4. The molecule has 2 aromatic heterocycles. The van der Waals surface area contributed by atoms with Crippen LogP contribution in [-0.2, 0) is 0 Å². The SMILES string of the molecule is Cc1ccc(Oc2cc(I)cc(NC(=O)c3cccc(C)n3)c2)cn1. The molecule has 0 saturated heterocycles. The minimum atomic E-state index is -0.256. The van der Waals surface area contributed by atoms with Crippen LogP contribution in [0.1, 0.15) is 21.9 Å². The fourth-order valence-electron chi connectivity index (χ4n) is 2.21. The van der Waals surface area contributed by atoms with E-state index in [-0.39, 0.29) is 5.91 Å². The van der Waals surface area contributed by atoms with E-state index < -0.39 is 0 Å². The van der Waals surface area contributed by atoms with E-state index in [0.717, 1.165) is 15.0 Å². The predicted molar refractivity (Wildman–Crippen MR) is 105 cm³/mol. The maximum absolute atomic E-state index is 12.4. The van der Waals surface area contributed by atoms with Crippen LogP contribution in [0.15, 0.2) is 54.7 Å². The maximum atomic E-state index is 12.4. The summed E-state index contributed by atoms with van der Waals surface area (Å²) in [7, 11) is 0. The van der Waals surface area contributed by atoms with Crippen LogP contribution in [0.2, 0.25) is 0 Å². The Hall–Kier alpha value is -2.48. The number of nitrogens with one attached hydrogen (secondary N) is 1. The Labute approximate surface area is 159 Å². The van der Waals surface area contributed by atoms with Crippen LogP contribution in [0.3, 0.4) is 0 Å². The highest BCUT2D eigenvalue weighted by Crippen LogP contribution is 2.27. The molecule has 0 radical (unpaired) electrons. The zero-order valence-electron chi connectivity index (χ0n) is 13.8. The Morgan fingerprint density at radius 3 is 2.60 bits per heavy atom. The molecule has 6 heteroatoms. The van der Waals surface area contributed by atoms with Crippen molar-refractivity contribution in [2.24, 2.45) is 0 Å². The van der Waals surface area contributed by atoms with Gasteiger partial charge in [0.15, 0.2) is 0 Å². The number of anilines is 1. The monoisotopic (exact) mass is 445 g/mol. The fourth-order valence-corrected chi connectivity index (χ4v) is 2.85. The van der Waals surface area contributed by atoms with Crippen LogP contribution in [0.4, 0.5) is 5.69 Å². The Bertz CT molecular complexity index is 911. The number of hydrogen-bond donors (Lipinski definition) is 1. The number of aromatic nitrogens is 2. The molecule has 2 heterocycles. The average Bonchev–Trinajstić information content (AvgIpc) is 2.56. The number of hydrogen-bond acceptors (Lipinski definition) is 4. The van der Waals surface area contributed by atoms with E-state index >= 15 is 0 Å². The van der Waals surface area contributed by atoms with Gasteiger partial charge in [-0.05, 0) is 72.8 Å². The molecule has 25 heavy (non-hydrogen) atoms. The van der Waals surface area contributed by atoms with Crippen LogP contribution in [-0.4, -0.2) is 15.9 Å². The summed E-state index contributed by atoms with van der Waals surface area (Å²) in [5, 5.41) is 2.86. The molecule has 126 valence electrons. The second-order valence-corrected chi connectivity index (χ2v) is 6.78. The summed E-state index contributed by atoms with van der Waals surface area (Å²) < 4.78 is 6.77. The summed E-state index contributed by atoms with van der Waals surface area (Å²) in [4.78, 5) is 20.8. The third-order valence-corrected chi connectivity index (χ3v) is 3.99. The fraction of sp³-hybridized carbons (Fsp3) is 0.105. The Morgan fingerprint density at radius 2 is 1.88 bits per heavy atom. The molecular weight excluding hydrogens is 429 g/mol.